The smallest absolute Gasteiger partial charge is 0.264 e. The summed E-state index contributed by atoms with van der Waals surface area (Å²) in [7, 11) is -2.21. The Labute approximate surface area is 283 Å². The Morgan fingerprint density at radius 3 is 2.33 bits per heavy atom. The van der Waals surface area contributed by atoms with Crippen LogP contribution in [-0.4, -0.2) is 64.9 Å². The SMILES string of the molecule is Cc1cc(N(C)C(C)C)nc(CN2C(=O)c3cccc(c3)S(=O)(=O)Nc3nc(cc(-c4c(C)cccc4C)n3)OC[C@H]2CC(C)(C)C)n1. The van der Waals surface area contributed by atoms with Gasteiger partial charge in [0, 0.05) is 42.0 Å². The van der Waals surface area contributed by atoms with Crippen molar-refractivity contribution in [1.29, 1.82) is 0 Å². The van der Waals surface area contributed by atoms with Crippen molar-refractivity contribution < 1.29 is 17.9 Å². The second kappa shape index (κ2) is 13.5. The third kappa shape index (κ3) is 7.92. The van der Waals surface area contributed by atoms with Crippen LogP contribution in [-0.2, 0) is 16.6 Å². The number of carbonyl (C=O) groups excluding carboxylic acids is 1. The first kappa shape index (κ1) is 34.7. The zero-order valence-electron chi connectivity index (χ0n) is 29.2. The molecule has 1 N–H and O–H groups in total. The van der Waals surface area contributed by atoms with Crippen LogP contribution in [0.4, 0.5) is 11.8 Å². The van der Waals surface area contributed by atoms with Crippen LogP contribution in [0.25, 0.3) is 11.3 Å². The molecule has 1 atom stereocenters. The summed E-state index contributed by atoms with van der Waals surface area (Å²) >= 11 is 0. The van der Waals surface area contributed by atoms with E-state index in [-0.39, 0.29) is 52.8 Å². The molecule has 1 aliphatic heterocycles. The van der Waals surface area contributed by atoms with Crippen LogP contribution in [0, 0.1) is 26.2 Å². The third-order valence-corrected chi connectivity index (χ3v) is 9.69. The molecule has 4 aromatic rings. The van der Waals surface area contributed by atoms with Crippen LogP contribution in [0.15, 0.2) is 59.5 Å². The van der Waals surface area contributed by atoms with E-state index in [1.54, 1.807) is 23.1 Å². The van der Waals surface area contributed by atoms with E-state index in [4.69, 9.17) is 14.7 Å². The molecule has 2 aromatic carbocycles. The fourth-order valence-corrected chi connectivity index (χ4v) is 6.82. The molecule has 48 heavy (non-hydrogen) atoms. The van der Waals surface area contributed by atoms with Gasteiger partial charge in [-0.3, -0.25) is 4.79 Å². The largest absolute Gasteiger partial charge is 0.475 e. The first-order chi connectivity index (χ1) is 22.5. The van der Waals surface area contributed by atoms with Crippen LogP contribution in [0.3, 0.4) is 0 Å². The van der Waals surface area contributed by atoms with Crippen LogP contribution in [0.1, 0.15) is 74.0 Å². The zero-order valence-corrected chi connectivity index (χ0v) is 30.0. The van der Waals surface area contributed by atoms with Gasteiger partial charge in [0.1, 0.15) is 18.2 Å². The van der Waals surface area contributed by atoms with Gasteiger partial charge < -0.3 is 14.5 Å². The maximum absolute atomic E-state index is 14.5. The highest BCUT2D eigenvalue weighted by molar-refractivity contribution is 7.92. The number of amides is 1. The molecule has 0 saturated carbocycles. The number of ether oxygens (including phenoxy) is 1. The average Bonchev–Trinajstić information content (AvgIpc) is 3.00. The van der Waals surface area contributed by atoms with Gasteiger partial charge in [0.2, 0.25) is 11.8 Å². The molecule has 0 fully saturated rings. The van der Waals surface area contributed by atoms with Gasteiger partial charge in [-0.25, -0.2) is 28.1 Å². The summed E-state index contributed by atoms with van der Waals surface area (Å²) in [6, 6.07) is 15.3. The number of fused-ring (bicyclic) bond motifs is 4. The van der Waals surface area contributed by atoms with Crippen molar-refractivity contribution in [3.63, 3.8) is 0 Å². The van der Waals surface area contributed by atoms with Crippen molar-refractivity contribution in [1.82, 2.24) is 24.8 Å². The standard InChI is InChI=1S/C36H45N7O4S/c1-22(2)42(9)31-16-25(5)37-30(39-31)20-43-27(19-36(6,7)8)21-47-32-18-29(33-23(3)12-10-13-24(33)4)38-35(40-32)41-48(45,46)28-15-11-14-26(17-28)34(43)44/h10-18,22,27H,19-21H2,1-9H3,(H,38,40,41)/t27-/m1/s1. The van der Waals surface area contributed by atoms with Gasteiger partial charge in [0.25, 0.3) is 15.9 Å². The molecule has 0 radical (unpaired) electrons. The number of rotatable bonds is 6. The van der Waals surface area contributed by atoms with E-state index in [0.29, 0.717) is 17.9 Å². The van der Waals surface area contributed by atoms with Crippen molar-refractivity contribution in [3.8, 4) is 17.1 Å². The number of aryl methyl sites for hydroxylation is 3. The van der Waals surface area contributed by atoms with Crippen molar-refractivity contribution >= 4 is 27.7 Å². The van der Waals surface area contributed by atoms with E-state index in [1.165, 1.54) is 12.1 Å². The molecule has 5 rings (SSSR count). The van der Waals surface area contributed by atoms with Gasteiger partial charge in [0.15, 0.2) is 0 Å². The van der Waals surface area contributed by atoms with Crippen molar-refractivity contribution in [2.24, 2.45) is 5.41 Å². The summed E-state index contributed by atoms with van der Waals surface area (Å²) in [5.41, 5.74) is 4.11. The first-order valence-electron chi connectivity index (χ1n) is 16.1. The summed E-state index contributed by atoms with van der Waals surface area (Å²) in [5.74, 6) is 0.926. The zero-order chi connectivity index (χ0) is 35.0. The van der Waals surface area contributed by atoms with Crippen LogP contribution < -0.4 is 14.4 Å². The number of anilines is 2. The van der Waals surface area contributed by atoms with Gasteiger partial charge in [-0.1, -0.05) is 45.0 Å². The molecular weight excluding hydrogens is 627 g/mol. The van der Waals surface area contributed by atoms with Crippen molar-refractivity contribution in [2.45, 2.75) is 85.3 Å². The summed E-state index contributed by atoms with van der Waals surface area (Å²) in [4.78, 5) is 36.8. The highest BCUT2D eigenvalue weighted by Crippen LogP contribution is 2.32. The number of hydrogen-bond donors (Lipinski definition) is 1. The van der Waals surface area contributed by atoms with Gasteiger partial charge in [-0.05, 0) is 75.8 Å². The number of carbonyl (C=O) groups is 1. The molecule has 0 spiro atoms. The molecule has 12 heteroatoms. The van der Waals surface area contributed by atoms with E-state index in [2.05, 4.69) is 54.2 Å². The van der Waals surface area contributed by atoms with E-state index >= 15 is 0 Å². The molecule has 11 nitrogen and oxygen atoms in total. The van der Waals surface area contributed by atoms with Crippen LogP contribution in [0.2, 0.25) is 0 Å². The first-order valence-corrected chi connectivity index (χ1v) is 17.6. The van der Waals surface area contributed by atoms with Crippen LogP contribution >= 0.6 is 0 Å². The number of nitrogens with zero attached hydrogens (tertiary/aromatic N) is 6. The highest BCUT2D eigenvalue weighted by Gasteiger charge is 2.32. The molecule has 254 valence electrons. The molecule has 0 aliphatic carbocycles. The number of sulfonamides is 1. The Bertz CT molecular complexity index is 1920. The summed E-state index contributed by atoms with van der Waals surface area (Å²) in [6.45, 7) is 16.5. The minimum Gasteiger partial charge on any atom is -0.475 e. The second-order valence-electron chi connectivity index (χ2n) is 14.0. The van der Waals surface area contributed by atoms with Gasteiger partial charge >= 0.3 is 0 Å². The fraction of sp³-hybridized carbons (Fsp3) is 0.417. The second-order valence-corrected chi connectivity index (χ2v) is 15.6. The molecular formula is C36H45N7O4S. The Balaban J connectivity index is 1.68. The Kier molecular flexibility index (Phi) is 9.77. The van der Waals surface area contributed by atoms with Gasteiger partial charge in [0.05, 0.1) is 23.2 Å². The molecule has 1 amide bonds. The Morgan fingerprint density at radius 2 is 1.67 bits per heavy atom. The molecule has 0 unspecified atom stereocenters. The topological polar surface area (TPSA) is 131 Å². The maximum Gasteiger partial charge on any atom is 0.264 e. The molecule has 4 bridgehead atoms. The molecule has 3 heterocycles. The minimum atomic E-state index is -4.18. The molecule has 0 saturated heterocycles. The summed E-state index contributed by atoms with van der Waals surface area (Å²) in [5, 5.41) is 0. The van der Waals surface area contributed by atoms with Crippen molar-refractivity contribution in [2.75, 3.05) is 23.3 Å². The van der Waals surface area contributed by atoms with Gasteiger partial charge in [-0.2, -0.15) is 4.98 Å². The fourth-order valence-electron chi connectivity index (χ4n) is 5.83. The lowest BCUT2D eigenvalue weighted by atomic mass is 9.87. The molecule has 1 aliphatic rings. The quantitative estimate of drug-likeness (QED) is 0.249. The monoisotopic (exact) mass is 671 g/mol. The van der Waals surface area contributed by atoms with E-state index in [1.807, 2.05) is 52.1 Å². The molecule has 2 aromatic heterocycles. The number of hydrogen-bond acceptors (Lipinski definition) is 9. The predicted molar refractivity (Wildman–Crippen MR) is 188 cm³/mol. The van der Waals surface area contributed by atoms with Crippen LogP contribution in [0.5, 0.6) is 5.88 Å². The third-order valence-electron chi connectivity index (χ3n) is 8.36. The van der Waals surface area contributed by atoms with Gasteiger partial charge in [-0.15, -0.1) is 0 Å². The summed E-state index contributed by atoms with van der Waals surface area (Å²) < 4.78 is 36.3. The lowest BCUT2D eigenvalue weighted by Crippen LogP contribution is -2.45. The normalized spacial score (nSPS) is 16.3. The minimum absolute atomic E-state index is 0.0848. The van der Waals surface area contributed by atoms with E-state index in [0.717, 1.165) is 28.2 Å². The number of nitrogens with one attached hydrogen (secondary N) is 1. The predicted octanol–water partition coefficient (Wildman–Crippen LogP) is 6.34. The Morgan fingerprint density at radius 1 is 0.979 bits per heavy atom. The average molecular weight is 672 g/mol. The number of aromatic nitrogens is 4. The van der Waals surface area contributed by atoms with E-state index < -0.39 is 16.1 Å². The maximum atomic E-state index is 14.5. The van der Waals surface area contributed by atoms with Crippen molar-refractivity contribution in [3.05, 3.63) is 82.8 Å². The highest BCUT2D eigenvalue weighted by atomic mass is 32.2. The number of benzene rings is 2. The Hall–Kier alpha value is -4.58. The summed E-state index contributed by atoms with van der Waals surface area (Å²) in [6.07, 6.45) is 0.571. The van der Waals surface area contributed by atoms with E-state index in [9.17, 15) is 13.2 Å². The lowest BCUT2D eigenvalue weighted by molar-refractivity contribution is 0.0505. The lowest BCUT2D eigenvalue weighted by Gasteiger charge is -2.35.